The van der Waals surface area contributed by atoms with E-state index < -0.39 is 33.7 Å². The first-order valence-electron chi connectivity index (χ1n) is 12.4. The Hall–Kier alpha value is -4.71. The number of hydrogen-bond donors (Lipinski definition) is 5. The molecule has 11 nitrogen and oxygen atoms in total. The number of rotatable bonds is 9. The van der Waals surface area contributed by atoms with Gasteiger partial charge in [-0.05, 0) is 53.8 Å². The van der Waals surface area contributed by atoms with Gasteiger partial charge >= 0.3 is 16.1 Å². The average molecular weight is 581 g/mol. The highest BCUT2D eigenvalue weighted by atomic mass is 32.2. The fourth-order valence-corrected chi connectivity index (χ4v) is 4.23. The van der Waals surface area contributed by atoms with Crippen LogP contribution in [0.1, 0.15) is 64.3 Å². The van der Waals surface area contributed by atoms with Crippen LogP contribution in [0.25, 0.3) is 11.1 Å². The van der Waals surface area contributed by atoms with Crippen LogP contribution in [0.2, 0.25) is 0 Å². The molecule has 0 radical (unpaired) electrons. The molecule has 0 aromatic heterocycles. The SMILES string of the molecule is CC(NC(=O)c1ccc(-c2ccccc2C(=O)Nc2ccc(C(=N)N)c(OS(C)(=O)=O)c2)c(C(=O)O)c1)C(C)(C)C. The van der Waals surface area contributed by atoms with E-state index in [0.717, 1.165) is 6.26 Å². The first kappa shape index (κ1) is 30.8. The van der Waals surface area contributed by atoms with Gasteiger partial charge in [0, 0.05) is 28.9 Å². The summed E-state index contributed by atoms with van der Waals surface area (Å²) < 4.78 is 28.3. The van der Waals surface area contributed by atoms with E-state index in [1.807, 2.05) is 27.7 Å². The zero-order chi connectivity index (χ0) is 30.7. The van der Waals surface area contributed by atoms with Crippen LogP contribution < -0.4 is 20.6 Å². The third-order valence-corrected chi connectivity index (χ3v) is 6.87. The second-order valence-corrected chi connectivity index (χ2v) is 12.1. The van der Waals surface area contributed by atoms with Gasteiger partial charge in [0.25, 0.3) is 11.8 Å². The molecule has 0 saturated heterocycles. The summed E-state index contributed by atoms with van der Waals surface area (Å²) in [5.74, 6) is -3.00. The number of aromatic carboxylic acids is 1. The van der Waals surface area contributed by atoms with Crippen molar-refractivity contribution in [2.24, 2.45) is 11.1 Å². The van der Waals surface area contributed by atoms with Gasteiger partial charge in [-0.3, -0.25) is 15.0 Å². The van der Waals surface area contributed by atoms with E-state index >= 15 is 0 Å². The van der Waals surface area contributed by atoms with Crippen LogP contribution in [0.5, 0.6) is 5.75 Å². The molecule has 12 heteroatoms. The van der Waals surface area contributed by atoms with Gasteiger partial charge in [0.05, 0.1) is 17.4 Å². The highest BCUT2D eigenvalue weighted by molar-refractivity contribution is 7.86. The van der Waals surface area contributed by atoms with Crippen LogP contribution >= 0.6 is 0 Å². The number of amidine groups is 1. The Morgan fingerprint density at radius 3 is 2.15 bits per heavy atom. The van der Waals surface area contributed by atoms with Crippen LogP contribution in [0.15, 0.2) is 60.7 Å². The normalized spacial score (nSPS) is 12.2. The lowest BCUT2D eigenvalue weighted by Gasteiger charge is -2.28. The monoisotopic (exact) mass is 580 g/mol. The highest BCUT2D eigenvalue weighted by Crippen LogP contribution is 2.30. The molecule has 0 spiro atoms. The van der Waals surface area contributed by atoms with E-state index in [-0.39, 0.29) is 50.7 Å². The first-order valence-corrected chi connectivity index (χ1v) is 14.3. The molecule has 0 heterocycles. The Kier molecular flexibility index (Phi) is 8.87. The van der Waals surface area contributed by atoms with Crippen molar-refractivity contribution in [3.8, 4) is 16.9 Å². The maximum Gasteiger partial charge on any atom is 0.336 e. The molecular weight excluding hydrogens is 548 g/mol. The maximum atomic E-state index is 13.3. The van der Waals surface area contributed by atoms with Crippen molar-refractivity contribution in [1.82, 2.24) is 5.32 Å². The van der Waals surface area contributed by atoms with Crippen molar-refractivity contribution in [2.45, 2.75) is 33.7 Å². The fourth-order valence-electron chi connectivity index (χ4n) is 3.76. The third kappa shape index (κ3) is 7.70. The van der Waals surface area contributed by atoms with Gasteiger partial charge in [0.1, 0.15) is 5.84 Å². The molecule has 3 aromatic carbocycles. The number of hydrogen-bond acceptors (Lipinski definition) is 7. The average Bonchev–Trinajstić information content (AvgIpc) is 2.86. The Balaban J connectivity index is 1.99. The van der Waals surface area contributed by atoms with Crippen LogP contribution in [0.4, 0.5) is 5.69 Å². The molecule has 0 aliphatic rings. The van der Waals surface area contributed by atoms with E-state index in [1.165, 1.54) is 42.5 Å². The minimum atomic E-state index is -3.96. The first-order chi connectivity index (χ1) is 19.0. The highest BCUT2D eigenvalue weighted by Gasteiger charge is 2.24. The third-order valence-electron chi connectivity index (χ3n) is 6.39. The summed E-state index contributed by atoms with van der Waals surface area (Å²) in [5, 5.41) is 23.2. The van der Waals surface area contributed by atoms with Crippen LogP contribution in [0.3, 0.4) is 0 Å². The number of nitrogen functional groups attached to an aromatic ring is 1. The quantitative estimate of drug-likeness (QED) is 0.142. The predicted octanol–water partition coefficient (Wildman–Crippen LogP) is 4.09. The lowest BCUT2D eigenvalue weighted by molar-refractivity contribution is 0.0697. The zero-order valence-electron chi connectivity index (χ0n) is 23.2. The second-order valence-electron chi connectivity index (χ2n) is 10.5. The maximum absolute atomic E-state index is 13.3. The second kappa shape index (κ2) is 11.8. The minimum absolute atomic E-state index is 0.0148. The Bertz CT molecular complexity index is 1640. The van der Waals surface area contributed by atoms with Crippen molar-refractivity contribution in [2.75, 3.05) is 11.6 Å². The molecule has 1 atom stereocenters. The number of anilines is 1. The zero-order valence-corrected chi connectivity index (χ0v) is 24.0. The van der Waals surface area contributed by atoms with E-state index in [0.29, 0.717) is 5.56 Å². The lowest BCUT2D eigenvalue weighted by Crippen LogP contribution is -2.41. The number of carboxylic acid groups (broad SMARTS) is 1. The molecule has 1 unspecified atom stereocenters. The topological polar surface area (TPSA) is 189 Å². The van der Waals surface area contributed by atoms with Gasteiger partial charge in [0.15, 0.2) is 5.75 Å². The number of nitrogens with two attached hydrogens (primary N) is 1. The Labute approximate surface area is 238 Å². The molecule has 0 aliphatic carbocycles. The molecular formula is C29H32N4O7S. The smallest absolute Gasteiger partial charge is 0.336 e. The number of carbonyl (C=O) groups excluding carboxylic acids is 2. The van der Waals surface area contributed by atoms with Gasteiger partial charge in [-0.2, -0.15) is 8.42 Å². The minimum Gasteiger partial charge on any atom is -0.478 e. The van der Waals surface area contributed by atoms with Crippen molar-refractivity contribution < 1.29 is 32.1 Å². The van der Waals surface area contributed by atoms with Crippen molar-refractivity contribution in [3.63, 3.8) is 0 Å². The van der Waals surface area contributed by atoms with Crippen LogP contribution in [-0.2, 0) is 10.1 Å². The summed E-state index contributed by atoms with van der Waals surface area (Å²) in [6, 6.07) is 14.4. The molecule has 0 saturated carbocycles. The number of nitrogens with one attached hydrogen (secondary N) is 3. The summed E-state index contributed by atoms with van der Waals surface area (Å²) >= 11 is 0. The number of carboxylic acids is 1. The number of benzene rings is 3. The molecule has 2 amide bonds. The van der Waals surface area contributed by atoms with E-state index in [4.69, 9.17) is 15.3 Å². The molecule has 0 bridgehead atoms. The van der Waals surface area contributed by atoms with Crippen molar-refractivity contribution in [3.05, 3.63) is 82.9 Å². The molecule has 0 aliphatic heterocycles. The van der Waals surface area contributed by atoms with E-state index in [2.05, 4.69) is 10.6 Å². The van der Waals surface area contributed by atoms with Gasteiger partial charge in [-0.15, -0.1) is 0 Å². The largest absolute Gasteiger partial charge is 0.478 e. The molecule has 216 valence electrons. The van der Waals surface area contributed by atoms with Crippen LogP contribution in [-0.4, -0.2) is 49.4 Å². The molecule has 3 rings (SSSR count). The van der Waals surface area contributed by atoms with E-state index in [1.54, 1.807) is 18.2 Å². The van der Waals surface area contributed by atoms with Crippen molar-refractivity contribution >= 4 is 39.4 Å². The molecule has 3 aromatic rings. The summed E-state index contributed by atoms with van der Waals surface area (Å²) in [4.78, 5) is 38.4. The van der Waals surface area contributed by atoms with Crippen LogP contribution in [0, 0.1) is 10.8 Å². The number of carbonyl (C=O) groups is 3. The molecule has 0 fully saturated rings. The van der Waals surface area contributed by atoms with Gasteiger partial charge in [-0.1, -0.05) is 45.0 Å². The summed E-state index contributed by atoms with van der Waals surface area (Å²) in [6.45, 7) is 7.79. The molecule has 41 heavy (non-hydrogen) atoms. The molecule has 6 N–H and O–H groups in total. The summed E-state index contributed by atoms with van der Waals surface area (Å²) in [5.41, 5.74) is 6.10. The summed E-state index contributed by atoms with van der Waals surface area (Å²) in [6.07, 6.45) is 0.832. The van der Waals surface area contributed by atoms with Gasteiger partial charge < -0.3 is 25.7 Å². The standard InChI is InChI=1S/C29H32N4O7S/c1-16(29(2,3)4)32-26(34)17-10-12-20(23(14-17)28(36)37)19-8-6-7-9-21(19)27(35)33-18-11-13-22(25(30)31)24(15-18)40-41(5,38)39/h6-16H,1-5H3,(H3,30,31)(H,32,34)(H,33,35)(H,36,37). The summed E-state index contributed by atoms with van der Waals surface area (Å²) in [7, 11) is -3.96. The van der Waals surface area contributed by atoms with Crippen molar-refractivity contribution in [1.29, 1.82) is 5.41 Å². The van der Waals surface area contributed by atoms with Gasteiger partial charge in [-0.25, -0.2) is 4.79 Å². The Morgan fingerprint density at radius 2 is 1.56 bits per heavy atom. The van der Waals surface area contributed by atoms with E-state index in [9.17, 15) is 27.9 Å². The lowest BCUT2D eigenvalue weighted by atomic mass is 9.88. The fraction of sp³-hybridized carbons (Fsp3) is 0.241. The Morgan fingerprint density at radius 1 is 0.927 bits per heavy atom. The predicted molar refractivity (Wildman–Crippen MR) is 156 cm³/mol. The van der Waals surface area contributed by atoms with Gasteiger partial charge in [0.2, 0.25) is 0 Å². The number of amides is 2.